The molecule has 24 heavy (non-hydrogen) atoms. The van der Waals surface area contributed by atoms with Crippen molar-refractivity contribution >= 4 is 5.91 Å². The van der Waals surface area contributed by atoms with Crippen molar-refractivity contribution in [2.75, 3.05) is 26.5 Å². The summed E-state index contributed by atoms with van der Waals surface area (Å²) >= 11 is 0. The molecule has 2 aliphatic rings. The van der Waals surface area contributed by atoms with E-state index in [1.807, 2.05) is 0 Å². The number of ether oxygens (including phenoxy) is 3. The fourth-order valence-electron chi connectivity index (χ4n) is 2.97. The highest BCUT2D eigenvalue weighted by atomic mass is 19.1. The summed E-state index contributed by atoms with van der Waals surface area (Å²) in [4.78, 5) is 14.4. The molecule has 1 saturated heterocycles. The van der Waals surface area contributed by atoms with Gasteiger partial charge in [0.1, 0.15) is 11.9 Å². The number of halogens is 1. The lowest BCUT2D eigenvalue weighted by Gasteiger charge is -2.33. The molecule has 2 heterocycles. The van der Waals surface area contributed by atoms with E-state index in [0.717, 1.165) is 0 Å². The summed E-state index contributed by atoms with van der Waals surface area (Å²) in [5, 5.41) is 0. The van der Waals surface area contributed by atoms with Gasteiger partial charge >= 0.3 is 0 Å². The molecule has 2 aromatic rings. The van der Waals surface area contributed by atoms with Gasteiger partial charge in [-0.1, -0.05) is 18.2 Å². The van der Waals surface area contributed by atoms with Crippen LogP contribution in [0.4, 0.5) is 4.39 Å². The first-order chi connectivity index (χ1) is 11.7. The van der Waals surface area contributed by atoms with Crippen LogP contribution in [0.15, 0.2) is 42.5 Å². The summed E-state index contributed by atoms with van der Waals surface area (Å²) in [6, 6.07) is 11.6. The van der Waals surface area contributed by atoms with Crippen molar-refractivity contribution in [2.24, 2.45) is 0 Å². The molecule has 2 aromatic carbocycles. The Bertz CT molecular complexity index is 779. The maximum atomic E-state index is 14.0. The molecule has 0 N–H and O–H groups in total. The summed E-state index contributed by atoms with van der Waals surface area (Å²) in [7, 11) is 0. The number of carbonyl (C=O) groups is 1. The fourth-order valence-corrected chi connectivity index (χ4v) is 2.97. The van der Waals surface area contributed by atoms with Crippen LogP contribution >= 0.6 is 0 Å². The Labute approximate surface area is 138 Å². The van der Waals surface area contributed by atoms with Gasteiger partial charge in [-0.05, 0) is 24.3 Å². The minimum absolute atomic E-state index is 0.127. The van der Waals surface area contributed by atoms with Crippen LogP contribution in [-0.2, 0) is 4.74 Å². The number of carbonyl (C=O) groups excluding carboxylic acids is 1. The molecular weight excluding hydrogens is 313 g/mol. The summed E-state index contributed by atoms with van der Waals surface area (Å²) in [5.74, 6) is 0.760. The van der Waals surface area contributed by atoms with Crippen molar-refractivity contribution in [3.8, 4) is 11.5 Å². The largest absolute Gasteiger partial charge is 0.454 e. The van der Waals surface area contributed by atoms with Crippen LogP contribution in [0.2, 0.25) is 0 Å². The average Bonchev–Trinajstić information content (AvgIpc) is 3.09. The molecule has 0 bridgehead atoms. The molecular formula is C18H16FNO4. The van der Waals surface area contributed by atoms with E-state index in [2.05, 4.69) is 0 Å². The van der Waals surface area contributed by atoms with E-state index in [1.54, 1.807) is 41.3 Å². The zero-order valence-electron chi connectivity index (χ0n) is 12.9. The molecule has 5 nitrogen and oxygen atoms in total. The van der Waals surface area contributed by atoms with Gasteiger partial charge in [-0.2, -0.15) is 0 Å². The zero-order valence-corrected chi connectivity index (χ0v) is 12.9. The molecule has 1 atom stereocenters. The van der Waals surface area contributed by atoms with Gasteiger partial charge in [-0.25, -0.2) is 4.39 Å². The third-order valence-corrected chi connectivity index (χ3v) is 4.23. The Morgan fingerprint density at radius 1 is 1.12 bits per heavy atom. The number of morpholine rings is 1. The van der Waals surface area contributed by atoms with Crippen molar-refractivity contribution in [3.05, 3.63) is 59.4 Å². The quantitative estimate of drug-likeness (QED) is 0.850. The molecule has 1 unspecified atom stereocenters. The summed E-state index contributed by atoms with van der Waals surface area (Å²) in [5.41, 5.74) is 0.995. The third kappa shape index (κ3) is 2.69. The second-order valence-corrected chi connectivity index (χ2v) is 5.70. The summed E-state index contributed by atoms with van der Waals surface area (Å²) in [6.45, 7) is 1.32. The molecule has 0 radical (unpaired) electrons. The van der Waals surface area contributed by atoms with Gasteiger partial charge in [-0.15, -0.1) is 0 Å². The standard InChI is InChI=1S/C18H16FNO4/c19-14-4-2-1-3-13(14)17-10-20(7-8-22-17)18(21)12-5-6-15-16(9-12)24-11-23-15/h1-6,9,17H,7-8,10-11H2. The Balaban J connectivity index is 1.53. The highest BCUT2D eigenvalue weighted by Crippen LogP contribution is 2.33. The minimum atomic E-state index is -0.460. The first kappa shape index (κ1) is 15.0. The maximum Gasteiger partial charge on any atom is 0.254 e. The van der Waals surface area contributed by atoms with Crippen molar-refractivity contribution in [1.29, 1.82) is 0 Å². The normalized spacial score (nSPS) is 19.4. The average molecular weight is 329 g/mol. The Kier molecular flexibility index (Phi) is 3.82. The van der Waals surface area contributed by atoms with Crippen molar-refractivity contribution in [3.63, 3.8) is 0 Å². The van der Waals surface area contributed by atoms with Crippen molar-refractivity contribution < 1.29 is 23.4 Å². The highest BCUT2D eigenvalue weighted by molar-refractivity contribution is 5.95. The summed E-state index contributed by atoms with van der Waals surface area (Å²) < 4.78 is 30.2. The Morgan fingerprint density at radius 3 is 2.83 bits per heavy atom. The molecule has 2 aliphatic heterocycles. The van der Waals surface area contributed by atoms with Gasteiger partial charge in [-0.3, -0.25) is 4.79 Å². The van der Waals surface area contributed by atoms with Gasteiger partial charge in [0.15, 0.2) is 11.5 Å². The zero-order chi connectivity index (χ0) is 16.5. The number of hydrogen-bond acceptors (Lipinski definition) is 4. The molecule has 124 valence electrons. The van der Waals surface area contributed by atoms with Gasteiger partial charge in [0.2, 0.25) is 6.79 Å². The second kappa shape index (κ2) is 6.13. The number of rotatable bonds is 2. The minimum Gasteiger partial charge on any atom is -0.454 e. The van der Waals surface area contributed by atoms with Crippen molar-refractivity contribution in [1.82, 2.24) is 4.90 Å². The number of nitrogens with zero attached hydrogens (tertiary/aromatic N) is 1. The molecule has 1 amide bonds. The molecule has 0 aliphatic carbocycles. The predicted octanol–water partition coefficient (Wildman–Crippen LogP) is 2.77. The maximum absolute atomic E-state index is 14.0. The van der Waals surface area contributed by atoms with Crippen LogP contribution in [0.1, 0.15) is 22.0 Å². The lowest BCUT2D eigenvalue weighted by atomic mass is 10.1. The van der Waals surface area contributed by atoms with E-state index in [9.17, 15) is 9.18 Å². The highest BCUT2D eigenvalue weighted by Gasteiger charge is 2.28. The van der Waals surface area contributed by atoms with Crippen LogP contribution in [0, 0.1) is 5.82 Å². The first-order valence-corrected chi connectivity index (χ1v) is 7.77. The first-order valence-electron chi connectivity index (χ1n) is 7.77. The fraction of sp³-hybridized carbons (Fsp3) is 0.278. The van der Waals surface area contributed by atoms with Crippen LogP contribution in [0.5, 0.6) is 11.5 Å². The van der Waals surface area contributed by atoms with E-state index in [4.69, 9.17) is 14.2 Å². The van der Waals surface area contributed by atoms with Gasteiger partial charge in [0.05, 0.1) is 13.2 Å². The molecule has 1 fully saturated rings. The molecule has 6 heteroatoms. The van der Waals surface area contributed by atoms with Crippen LogP contribution in [0.25, 0.3) is 0 Å². The van der Waals surface area contributed by atoms with Crippen LogP contribution in [0.3, 0.4) is 0 Å². The van der Waals surface area contributed by atoms with E-state index < -0.39 is 6.10 Å². The lowest BCUT2D eigenvalue weighted by molar-refractivity contribution is -0.0243. The van der Waals surface area contributed by atoms with E-state index in [-0.39, 0.29) is 18.5 Å². The van der Waals surface area contributed by atoms with Crippen molar-refractivity contribution in [2.45, 2.75) is 6.10 Å². The number of fused-ring (bicyclic) bond motifs is 1. The molecule has 4 rings (SSSR count). The topological polar surface area (TPSA) is 48.0 Å². The predicted molar refractivity (Wildman–Crippen MR) is 83.6 cm³/mol. The monoisotopic (exact) mass is 329 g/mol. The lowest BCUT2D eigenvalue weighted by Crippen LogP contribution is -2.42. The summed E-state index contributed by atoms with van der Waals surface area (Å²) in [6.07, 6.45) is -0.460. The van der Waals surface area contributed by atoms with E-state index >= 15 is 0 Å². The van der Waals surface area contributed by atoms with Crippen LogP contribution < -0.4 is 9.47 Å². The third-order valence-electron chi connectivity index (χ3n) is 4.23. The number of benzene rings is 2. The molecule has 0 saturated carbocycles. The van der Waals surface area contributed by atoms with Gasteiger partial charge < -0.3 is 19.1 Å². The number of hydrogen-bond donors (Lipinski definition) is 0. The van der Waals surface area contributed by atoms with Crippen LogP contribution in [-0.4, -0.2) is 37.3 Å². The van der Waals surface area contributed by atoms with Gasteiger partial charge in [0, 0.05) is 17.7 Å². The SMILES string of the molecule is O=C(c1ccc2c(c1)OCO2)N1CCOC(c2ccccc2F)C1. The second-order valence-electron chi connectivity index (χ2n) is 5.70. The number of amides is 1. The van der Waals surface area contributed by atoms with E-state index in [0.29, 0.717) is 42.3 Å². The van der Waals surface area contributed by atoms with Gasteiger partial charge in [0.25, 0.3) is 5.91 Å². The van der Waals surface area contributed by atoms with E-state index in [1.165, 1.54) is 6.07 Å². The Hall–Kier alpha value is -2.60. The molecule has 0 spiro atoms. The molecule has 0 aromatic heterocycles. The Morgan fingerprint density at radius 2 is 1.96 bits per heavy atom. The smallest absolute Gasteiger partial charge is 0.254 e.